The summed E-state index contributed by atoms with van der Waals surface area (Å²) in [7, 11) is -4.00. The first-order valence-corrected chi connectivity index (χ1v) is 10.9. The number of carbonyl (C=O) groups excluding carboxylic acids is 2. The summed E-state index contributed by atoms with van der Waals surface area (Å²) in [6.07, 6.45) is 0.315. The molecule has 1 aromatic carbocycles. The number of nitrogens with zero attached hydrogens (tertiary/aromatic N) is 2. The van der Waals surface area contributed by atoms with Crippen molar-refractivity contribution in [1.29, 1.82) is 0 Å². The van der Waals surface area contributed by atoms with Crippen LogP contribution in [0.15, 0.2) is 29.8 Å². The molecule has 0 unspecified atom stereocenters. The molecular weight excluding hydrogens is 437 g/mol. The number of benzene rings is 1. The molecule has 0 spiro atoms. The lowest BCUT2D eigenvalue weighted by Gasteiger charge is -2.33. The standard InChI is InChI=1S/C19H26ClN3O4S.ClH/c1-5-17(25)22(6-2)11-15-18(13-7-9-14(20)10-8-13)28(26,27)23(12-16(21)24)19(15,3)4;/h7-10H,5-6,11-12H2,1-4H3,(H2,21,24);1H. The lowest BCUT2D eigenvalue weighted by Crippen LogP contribution is -2.49. The molecule has 0 aliphatic carbocycles. The van der Waals surface area contributed by atoms with Crippen molar-refractivity contribution >= 4 is 50.8 Å². The SMILES string of the molecule is CCC(=O)N(CC)CC1=C(c2ccc(Cl)cc2)S(=O)(=O)N(CC(N)=O)C1(C)C.Cl. The molecule has 10 heteroatoms. The van der Waals surface area contributed by atoms with Crippen LogP contribution in [0.3, 0.4) is 0 Å². The van der Waals surface area contributed by atoms with Crippen LogP contribution in [0.25, 0.3) is 4.91 Å². The van der Waals surface area contributed by atoms with Gasteiger partial charge in [-0.15, -0.1) is 12.4 Å². The zero-order valence-electron chi connectivity index (χ0n) is 16.9. The quantitative estimate of drug-likeness (QED) is 0.671. The number of carbonyl (C=O) groups is 2. The number of sulfonamides is 1. The van der Waals surface area contributed by atoms with E-state index in [1.807, 2.05) is 6.92 Å². The van der Waals surface area contributed by atoms with E-state index in [9.17, 15) is 18.0 Å². The fourth-order valence-electron chi connectivity index (χ4n) is 3.40. The van der Waals surface area contributed by atoms with Crippen LogP contribution in [0.1, 0.15) is 39.7 Å². The van der Waals surface area contributed by atoms with E-state index in [0.717, 1.165) is 4.31 Å². The van der Waals surface area contributed by atoms with Crippen molar-refractivity contribution in [3.8, 4) is 0 Å². The largest absolute Gasteiger partial charge is 0.369 e. The van der Waals surface area contributed by atoms with Crippen molar-refractivity contribution < 1.29 is 18.0 Å². The highest BCUT2D eigenvalue weighted by Crippen LogP contribution is 2.45. The second kappa shape index (κ2) is 9.47. The molecule has 2 N–H and O–H groups in total. The van der Waals surface area contributed by atoms with Gasteiger partial charge in [0.2, 0.25) is 21.8 Å². The summed E-state index contributed by atoms with van der Waals surface area (Å²) in [4.78, 5) is 25.6. The summed E-state index contributed by atoms with van der Waals surface area (Å²) in [6.45, 7) is 7.18. The molecule has 1 aliphatic heterocycles. The maximum absolute atomic E-state index is 13.4. The zero-order valence-corrected chi connectivity index (χ0v) is 19.3. The number of hydrogen-bond donors (Lipinski definition) is 1. The Morgan fingerprint density at radius 3 is 2.17 bits per heavy atom. The van der Waals surface area contributed by atoms with Gasteiger partial charge in [0.25, 0.3) is 0 Å². The molecule has 1 aliphatic rings. The predicted molar refractivity (Wildman–Crippen MR) is 117 cm³/mol. The maximum Gasteiger partial charge on any atom is 0.245 e. The van der Waals surface area contributed by atoms with Gasteiger partial charge in [-0.05, 0) is 44.0 Å². The van der Waals surface area contributed by atoms with Crippen molar-refractivity contribution in [3.63, 3.8) is 0 Å². The van der Waals surface area contributed by atoms with Crippen LogP contribution in [0.4, 0.5) is 0 Å². The number of halogens is 2. The van der Waals surface area contributed by atoms with Gasteiger partial charge < -0.3 is 10.6 Å². The van der Waals surface area contributed by atoms with Gasteiger partial charge in [-0.1, -0.05) is 30.7 Å². The monoisotopic (exact) mass is 463 g/mol. The first-order chi connectivity index (χ1) is 13.0. The molecule has 2 amide bonds. The van der Waals surface area contributed by atoms with Gasteiger partial charge in [-0.25, -0.2) is 8.42 Å². The van der Waals surface area contributed by atoms with E-state index in [-0.39, 0.29) is 29.8 Å². The topological polar surface area (TPSA) is 101 Å². The van der Waals surface area contributed by atoms with Gasteiger partial charge >= 0.3 is 0 Å². The summed E-state index contributed by atoms with van der Waals surface area (Å²) in [5, 5.41) is 0.478. The Morgan fingerprint density at radius 2 is 1.72 bits per heavy atom. The van der Waals surface area contributed by atoms with E-state index < -0.39 is 28.0 Å². The number of primary amides is 1. The van der Waals surface area contributed by atoms with Gasteiger partial charge in [0, 0.05) is 24.5 Å². The van der Waals surface area contributed by atoms with Crippen molar-refractivity contribution in [2.24, 2.45) is 5.73 Å². The third kappa shape index (κ3) is 4.94. The predicted octanol–water partition coefficient (Wildman–Crippen LogP) is 2.64. The van der Waals surface area contributed by atoms with Crippen LogP contribution >= 0.6 is 24.0 Å². The molecule has 2 rings (SSSR count). The van der Waals surface area contributed by atoms with E-state index >= 15 is 0 Å². The van der Waals surface area contributed by atoms with Crippen LogP contribution in [-0.4, -0.2) is 54.6 Å². The maximum atomic E-state index is 13.4. The molecular formula is C19H27Cl2N3O4S. The molecule has 1 heterocycles. The summed E-state index contributed by atoms with van der Waals surface area (Å²) in [5.41, 5.74) is 5.29. The fourth-order valence-corrected chi connectivity index (χ4v) is 5.81. The van der Waals surface area contributed by atoms with Crippen LogP contribution in [-0.2, 0) is 19.6 Å². The van der Waals surface area contributed by atoms with Crippen LogP contribution in [0, 0.1) is 0 Å². The Hall–Kier alpha value is -1.61. The number of likely N-dealkylation sites (N-methyl/N-ethyl adjacent to an activating group) is 1. The number of amides is 2. The normalized spacial score (nSPS) is 17.7. The molecule has 0 saturated carbocycles. The molecule has 29 heavy (non-hydrogen) atoms. The lowest BCUT2D eigenvalue weighted by atomic mass is 9.91. The number of rotatable bonds is 7. The Bertz CT molecular complexity index is 912. The Morgan fingerprint density at radius 1 is 1.17 bits per heavy atom. The van der Waals surface area contributed by atoms with E-state index in [1.165, 1.54) is 0 Å². The highest BCUT2D eigenvalue weighted by molar-refractivity contribution is 7.98. The van der Waals surface area contributed by atoms with Crippen molar-refractivity contribution in [2.45, 2.75) is 39.7 Å². The molecule has 0 bridgehead atoms. The fraction of sp³-hybridized carbons (Fsp3) is 0.474. The van der Waals surface area contributed by atoms with E-state index in [4.69, 9.17) is 17.3 Å². The molecule has 162 valence electrons. The Kier molecular flexibility index (Phi) is 8.30. The van der Waals surface area contributed by atoms with Gasteiger partial charge in [0.1, 0.15) is 0 Å². The van der Waals surface area contributed by atoms with Crippen LogP contribution < -0.4 is 5.73 Å². The molecule has 7 nitrogen and oxygen atoms in total. The van der Waals surface area contributed by atoms with Gasteiger partial charge in [-0.2, -0.15) is 4.31 Å². The number of nitrogens with two attached hydrogens (primary N) is 1. The molecule has 0 aromatic heterocycles. The molecule has 1 aromatic rings. The second-order valence-electron chi connectivity index (χ2n) is 7.11. The van der Waals surface area contributed by atoms with Crippen molar-refractivity contribution in [1.82, 2.24) is 9.21 Å². The van der Waals surface area contributed by atoms with Crippen molar-refractivity contribution in [3.05, 3.63) is 40.4 Å². The smallest absolute Gasteiger partial charge is 0.245 e. The van der Waals surface area contributed by atoms with Crippen molar-refractivity contribution in [2.75, 3.05) is 19.6 Å². The van der Waals surface area contributed by atoms with E-state index in [1.54, 1.807) is 49.9 Å². The summed E-state index contributed by atoms with van der Waals surface area (Å²) in [6, 6.07) is 6.46. The summed E-state index contributed by atoms with van der Waals surface area (Å²) in [5.74, 6) is -0.822. The highest BCUT2D eigenvalue weighted by Gasteiger charge is 2.51. The van der Waals surface area contributed by atoms with E-state index in [0.29, 0.717) is 29.1 Å². The molecule has 0 radical (unpaired) electrons. The third-order valence-corrected chi connectivity index (χ3v) is 7.39. The zero-order chi connectivity index (χ0) is 21.3. The lowest BCUT2D eigenvalue weighted by molar-refractivity contribution is -0.130. The van der Waals surface area contributed by atoms with Gasteiger partial charge in [0.15, 0.2) is 0 Å². The van der Waals surface area contributed by atoms with Crippen LogP contribution in [0.5, 0.6) is 0 Å². The first-order valence-electron chi connectivity index (χ1n) is 9.05. The molecule has 0 saturated heterocycles. The third-order valence-electron chi connectivity index (χ3n) is 4.98. The Balaban J connectivity index is 0.00000420. The number of hydrogen-bond acceptors (Lipinski definition) is 4. The van der Waals surface area contributed by atoms with Gasteiger partial charge in [-0.3, -0.25) is 9.59 Å². The van der Waals surface area contributed by atoms with Crippen LogP contribution in [0.2, 0.25) is 5.02 Å². The Labute approximate surface area is 183 Å². The minimum Gasteiger partial charge on any atom is -0.369 e. The van der Waals surface area contributed by atoms with E-state index in [2.05, 4.69) is 0 Å². The minimum atomic E-state index is -4.00. The second-order valence-corrected chi connectivity index (χ2v) is 9.35. The average Bonchev–Trinajstić information content (AvgIpc) is 2.76. The minimum absolute atomic E-state index is 0. The molecule has 0 atom stereocenters. The van der Waals surface area contributed by atoms with Gasteiger partial charge in [0.05, 0.1) is 17.0 Å². The molecule has 0 fully saturated rings. The average molecular weight is 464 g/mol. The first kappa shape index (κ1) is 25.4. The summed E-state index contributed by atoms with van der Waals surface area (Å²) >= 11 is 5.96. The highest BCUT2D eigenvalue weighted by atomic mass is 35.5. The summed E-state index contributed by atoms with van der Waals surface area (Å²) < 4.78 is 27.8.